The number of nitrogens with zero attached hydrogens (tertiary/aromatic N) is 2. The topological polar surface area (TPSA) is 168 Å². The van der Waals surface area contributed by atoms with Crippen LogP contribution in [0.25, 0.3) is 0 Å². The number of hydrogen-bond acceptors (Lipinski definition) is 13. The number of esters is 3. The minimum Gasteiger partial charge on any atom is -0.453 e. The first-order valence-electron chi connectivity index (χ1n) is 32.5. The average molecular weight is 1160 g/mol. The van der Waals surface area contributed by atoms with Gasteiger partial charge in [-0.25, -0.2) is 18.4 Å². The van der Waals surface area contributed by atoms with E-state index in [1.54, 1.807) is 0 Å². The third-order valence-electron chi connectivity index (χ3n) is 15.3. The van der Waals surface area contributed by atoms with Crippen LogP contribution in [0.1, 0.15) is 322 Å². The summed E-state index contributed by atoms with van der Waals surface area (Å²) in [7, 11) is -4.86. The lowest BCUT2D eigenvalue weighted by molar-refractivity contribution is -0.176. The maximum atomic E-state index is 16.4. The Morgan fingerprint density at radius 1 is 0.512 bits per heavy atom. The zero-order valence-corrected chi connectivity index (χ0v) is 51.7. The van der Waals surface area contributed by atoms with Crippen LogP contribution in [0, 0.1) is 6.92 Å². The zero-order chi connectivity index (χ0) is 58.2. The summed E-state index contributed by atoms with van der Waals surface area (Å²) >= 11 is 0. The van der Waals surface area contributed by atoms with Gasteiger partial charge in [0.15, 0.2) is 6.10 Å². The van der Waals surface area contributed by atoms with Gasteiger partial charge in [0.2, 0.25) is 19.8 Å². The van der Waals surface area contributed by atoms with Crippen molar-refractivity contribution in [2.24, 2.45) is 0 Å². The Bertz CT molecular complexity index is 1750. The van der Waals surface area contributed by atoms with Crippen molar-refractivity contribution in [3.63, 3.8) is 0 Å². The molecule has 0 radical (unpaired) electrons. The Balaban J connectivity index is 1.97. The lowest BCUT2D eigenvalue weighted by atomic mass is 10.0. The van der Waals surface area contributed by atoms with E-state index in [4.69, 9.17) is 32.5 Å². The van der Waals surface area contributed by atoms with Crippen LogP contribution >= 0.6 is 7.82 Å². The van der Waals surface area contributed by atoms with Crippen molar-refractivity contribution in [1.29, 1.82) is 0 Å². The molecule has 0 bridgehead atoms. The van der Waals surface area contributed by atoms with Crippen molar-refractivity contribution in [1.82, 2.24) is 9.55 Å². The minimum atomic E-state index is -4.86. The molecule has 14 nitrogen and oxygen atoms in total. The second-order valence-electron chi connectivity index (χ2n) is 22.7. The quantitative estimate of drug-likeness (QED) is 0.0199. The smallest absolute Gasteiger partial charge is 0.453 e. The van der Waals surface area contributed by atoms with E-state index in [9.17, 15) is 23.7 Å². The molecule has 466 valence electrons. The summed E-state index contributed by atoms with van der Waals surface area (Å²) in [5.74, 6) is -6.11. The van der Waals surface area contributed by atoms with Crippen molar-refractivity contribution < 1.29 is 60.2 Å². The van der Waals surface area contributed by atoms with E-state index >= 15 is 8.78 Å². The fraction of sp³-hybridized carbons (Fsp3) is 0.889. The Labute approximate surface area is 483 Å². The Kier molecular flexibility index (Phi) is 44.5. The monoisotopic (exact) mass is 1160 g/mol. The van der Waals surface area contributed by atoms with Crippen LogP contribution < -0.4 is 5.69 Å². The molecular formula is C63H113F2N2O12P. The van der Waals surface area contributed by atoms with E-state index in [2.05, 4.69) is 25.8 Å². The third kappa shape index (κ3) is 36.7. The Morgan fingerprint density at radius 2 is 0.825 bits per heavy atom. The molecule has 1 saturated heterocycles. The van der Waals surface area contributed by atoms with E-state index in [0.29, 0.717) is 29.5 Å². The van der Waals surface area contributed by atoms with Gasteiger partial charge >= 0.3 is 37.3 Å². The standard InChI is InChI=1S/C63H113F2N2O12P/c1-5-8-11-14-17-20-23-26-29-32-35-38-41-44-47-57(68)73-53-76-80(72,77-54-74-58(69)48-45-42-39-36-33-30-27-24-21-18-15-12-9-6-2)75-52-56-60(63(64,65)61(78-56)67-51-50-55(4)66-62(67)71)79-59(70)49-46-43-40-37-34-31-28-25-22-19-16-13-10-7-3/h50-51,56,60-61H,5-49,52-54H2,1-4H3/t56-,60-,61-/m1/s1. The molecule has 17 heteroatoms. The number of hydrogen-bond donors (Lipinski definition) is 0. The van der Waals surface area contributed by atoms with Gasteiger partial charge in [-0.1, -0.05) is 271 Å². The summed E-state index contributed by atoms with van der Waals surface area (Å²) in [5.41, 5.74) is -0.729. The van der Waals surface area contributed by atoms with Crippen LogP contribution in [0.4, 0.5) is 8.78 Å². The van der Waals surface area contributed by atoms with Crippen LogP contribution in [-0.4, -0.2) is 65.8 Å². The number of carbonyl (C=O) groups is 3. The fourth-order valence-corrected chi connectivity index (χ4v) is 11.2. The van der Waals surface area contributed by atoms with Crippen LogP contribution in [0.2, 0.25) is 0 Å². The molecule has 1 aromatic rings. The highest BCUT2D eigenvalue weighted by molar-refractivity contribution is 7.48. The molecule has 0 aliphatic carbocycles. The van der Waals surface area contributed by atoms with Crippen molar-refractivity contribution in [2.45, 2.75) is 341 Å². The number of ether oxygens (including phenoxy) is 4. The molecule has 2 rings (SSSR count). The van der Waals surface area contributed by atoms with Crippen LogP contribution in [0.15, 0.2) is 17.1 Å². The van der Waals surface area contributed by atoms with E-state index in [-0.39, 0.29) is 19.3 Å². The first kappa shape index (κ1) is 73.3. The van der Waals surface area contributed by atoms with Gasteiger partial charge < -0.3 is 18.9 Å². The van der Waals surface area contributed by atoms with Gasteiger partial charge in [-0.3, -0.25) is 23.5 Å². The zero-order valence-electron chi connectivity index (χ0n) is 50.8. The van der Waals surface area contributed by atoms with Crippen molar-refractivity contribution in [2.75, 3.05) is 20.2 Å². The maximum Gasteiger partial charge on any atom is 0.480 e. The number of phosphoric ester groups is 1. The molecule has 2 heterocycles. The SMILES string of the molecule is CCCCCCCCCCCCCCCCC(=O)OCOP(=O)(OCOC(=O)CCCCCCCCCCCCCCCC)OC[C@H]1O[C@@H](n2ccc(C)nc2=O)C(F)(F)[C@@H]1OC(=O)CCCCCCCCCCCCCCCC. The van der Waals surface area contributed by atoms with Gasteiger partial charge in [-0.15, -0.1) is 0 Å². The average Bonchev–Trinajstić information content (AvgIpc) is 3.71. The van der Waals surface area contributed by atoms with Crippen LogP contribution in [-0.2, 0) is 51.5 Å². The molecule has 0 spiro atoms. The molecule has 80 heavy (non-hydrogen) atoms. The number of phosphoric acid groups is 1. The molecule has 1 fully saturated rings. The fourth-order valence-electron chi connectivity index (χ4n) is 10.3. The first-order valence-corrected chi connectivity index (χ1v) is 34.0. The number of halogens is 2. The van der Waals surface area contributed by atoms with Crippen LogP contribution in [0.3, 0.4) is 0 Å². The van der Waals surface area contributed by atoms with E-state index < -0.39 is 76.0 Å². The van der Waals surface area contributed by atoms with Crippen molar-refractivity contribution in [3.05, 3.63) is 28.4 Å². The summed E-state index contributed by atoms with van der Waals surface area (Å²) in [4.78, 5) is 55.3. The molecule has 0 saturated carbocycles. The predicted molar refractivity (Wildman–Crippen MR) is 314 cm³/mol. The van der Waals surface area contributed by atoms with E-state index in [0.717, 1.165) is 89.7 Å². The lowest BCUT2D eigenvalue weighted by Crippen LogP contribution is -2.44. The predicted octanol–water partition coefficient (Wildman–Crippen LogP) is 18.8. The summed E-state index contributed by atoms with van der Waals surface area (Å²) in [6, 6.07) is 1.36. The number of rotatable bonds is 56. The van der Waals surface area contributed by atoms with Gasteiger partial charge in [-0.2, -0.15) is 13.8 Å². The van der Waals surface area contributed by atoms with Gasteiger partial charge in [0.05, 0.1) is 6.61 Å². The Morgan fingerprint density at radius 3 is 1.15 bits per heavy atom. The number of aryl methyl sites for hydroxylation is 1. The summed E-state index contributed by atoms with van der Waals surface area (Å²) in [6.45, 7) is 5.51. The number of carbonyl (C=O) groups excluding carboxylic acids is 3. The molecule has 0 amide bonds. The van der Waals surface area contributed by atoms with Gasteiger partial charge in [0.1, 0.15) is 6.10 Å². The molecule has 1 aliphatic heterocycles. The molecule has 1 aromatic heterocycles. The first-order chi connectivity index (χ1) is 38.9. The molecule has 0 N–H and O–H groups in total. The molecule has 0 unspecified atom stereocenters. The number of unbranched alkanes of at least 4 members (excludes halogenated alkanes) is 39. The molecule has 3 atom stereocenters. The Hall–Kier alpha value is -2.78. The molecule has 0 aromatic carbocycles. The van der Waals surface area contributed by atoms with Gasteiger partial charge in [0, 0.05) is 31.2 Å². The highest BCUT2D eigenvalue weighted by Gasteiger charge is 2.63. The van der Waals surface area contributed by atoms with Gasteiger partial charge in [-0.05, 0) is 32.3 Å². The lowest BCUT2D eigenvalue weighted by Gasteiger charge is -2.25. The minimum absolute atomic E-state index is 0.0936. The van der Waals surface area contributed by atoms with Crippen LogP contribution in [0.5, 0.6) is 0 Å². The number of aromatic nitrogens is 2. The summed E-state index contributed by atoms with van der Waals surface area (Å²) in [6.07, 6.45) is 42.9. The molecule has 1 aliphatic rings. The second-order valence-corrected chi connectivity index (χ2v) is 24.3. The van der Waals surface area contributed by atoms with Crippen molar-refractivity contribution >= 4 is 25.7 Å². The van der Waals surface area contributed by atoms with Crippen molar-refractivity contribution in [3.8, 4) is 0 Å². The molecular weight excluding hydrogens is 1050 g/mol. The maximum absolute atomic E-state index is 16.4. The highest BCUT2D eigenvalue weighted by atomic mass is 31.2. The number of alkyl halides is 2. The third-order valence-corrected chi connectivity index (χ3v) is 16.6. The summed E-state index contributed by atoms with van der Waals surface area (Å²) < 4.78 is 85.5. The van der Waals surface area contributed by atoms with Gasteiger partial charge in [0.25, 0.3) is 0 Å². The second kappa shape index (κ2) is 48.6. The summed E-state index contributed by atoms with van der Waals surface area (Å²) in [5, 5.41) is 0. The largest absolute Gasteiger partial charge is 0.480 e. The normalized spacial score (nSPS) is 16.1. The van der Waals surface area contributed by atoms with E-state index in [1.165, 1.54) is 180 Å². The van der Waals surface area contributed by atoms with E-state index in [1.807, 2.05) is 0 Å². The highest BCUT2D eigenvalue weighted by Crippen LogP contribution is 2.52.